The number of likely N-dealkylation sites (N-methyl/N-ethyl adjacent to an activating group) is 1. The predicted octanol–water partition coefficient (Wildman–Crippen LogP) is 4.50. The molecule has 0 bridgehead atoms. The number of carbonyl (C=O) groups excluding carboxylic acids is 2. The van der Waals surface area contributed by atoms with E-state index < -0.39 is 23.7 Å². The lowest BCUT2D eigenvalue weighted by molar-refractivity contribution is -0.137. The molecule has 11 heteroatoms. The Kier molecular flexibility index (Phi) is 8.43. The van der Waals surface area contributed by atoms with Crippen molar-refractivity contribution in [2.24, 2.45) is 0 Å². The Morgan fingerprint density at radius 2 is 1.82 bits per heavy atom. The fourth-order valence-electron chi connectivity index (χ4n) is 2.71. The van der Waals surface area contributed by atoms with Crippen LogP contribution in [-0.4, -0.2) is 36.8 Å². The van der Waals surface area contributed by atoms with Crippen LogP contribution in [0.4, 0.5) is 29.3 Å². The largest absolute Gasteiger partial charge is 0.416 e. The molecule has 0 saturated carbocycles. The zero-order valence-corrected chi connectivity index (χ0v) is 18.8. The van der Waals surface area contributed by atoms with Crippen LogP contribution in [-0.2, 0) is 6.18 Å². The summed E-state index contributed by atoms with van der Waals surface area (Å²) >= 11 is 0. The van der Waals surface area contributed by atoms with E-state index in [-0.39, 0.29) is 17.1 Å². The average molecular weight is 474 g/mol. The number of halogens is 3. The maximum Gasteiger partial charge on any atom is 0.416 e. The van der Waals surface area contributed by atoms with Crippen LogP contribution in [0.1, 0.15) is 21.5 Å². The fraction of sp³-hybridized carbons (Fsp3) is 0.174. The Morgan fingerprint density at radius 3 is 2.44 bits per heavy atom. The minimum atomic E-state index is -4.57. The summed E-state index contributed by atoms with van der Waals surface area (Å²) < 4.78 is 38.8. The molecule has 2 aromatic rings. The molecule has 0 fully saturated rings. The minimum Gasteiger partial charge on any atom is -0.375 e. The Labute approximate surface area is 195 Å². The second-order valence-electron chi connectivity index (χ2n) is 7.09. The molecule has 8 nitrogen and oxygen atoms in total. The Balaban J connectivity index is 2.16. The first-order valence-electron chi connectivity index (χ1n) is 9.95. The smallest absolute Gasteiger partial charge is 0.375 e. The van der Waals surface area contributed by atoms with Crippen molar-refractivity contribution in [1.82, 2.24) is 15.5 Å². The van der Waals surface area contributed by atoms with Crippen molar-refractivity contribution in [3.05, 3.63) is 83.8 Å². The van der Waals surface area contributed by atoms with Crippen molar-refractivity contribution in [2.45, 2.75) is 13.1 Å². The third-order valence-corrected chi connectivity index (χ3v) is 4.66. The van der Waals surface area contributed by atoms with Crippen molar-refractivity contribution in [1.29, 1.82) is 5.41 Å². The van der Waals surface area contributed by atoms with Crippen LogP contribution >= 0.6 is 0 Å². The number of urea groups is 1. The van der Waals surface area contributed by atoms with Crippen molar-refractivity contribution >= 4 is 29.1 Å². The standard InChI is InChI=1S/C23H25F3N6O2/c1-5-29-20(28-3)13-19(27)32(4)22(34)31-18-12-17(10-9-14(18)2)30-21(33)15-7-6-8-16(11-15)23(24,25)26/h5-13,27-29H,1H2,2-4H3,(H,30,33)(H,31,34). The van der Waals surface area contributed by atoms with Crippen LogP contribution in [0.15, 0.2) is 67.1 Å². The molecular formula is C23H25F3N6O2. The molecule has 0 aliphatic heterocycles. The monoisotopic (exact) mass is 474 g/mol. The van der Waals surface area contributed by atoms with Gasteiger partial charge in [-0.25, -0.2) is 4.79 Å². The third-order valence-electron chi connectivity index (χ3n) is 4.66. The van der Waals surface area contributed by atoms with Gasteiger partial charge in [0.15, 0.2) is 0 Å². The molecule has 0 radical (unpaired) electrons. The number of hydrogen-bond acceptors (Lipinski definition) is 5. The van der Waals surface area contributed by atoms with Gasteiger partial charge in [-0.05, 0) is 49.0 Å². The molecule has 5 N–H and O–H groups in total. The SMILES string of the molecule is C=CNC(=CC(=N)N(C)C(=O)Nc1cc(NC(=O)c2cccc(C(F)(F)F)c2)ccc1C)NC. The molecule has 0 spiro atoms. The molecular weight excluding hydrogens is 449 g/mol. The number of carbonyl (C=O) groups is 2. The average Bonchev–Trinajstić information content (AvgIpc) is 2.79. The lowest BCUT2D eigenvalue weighted by atomic mass is 10.1. The minimum absolute atomic E-state index is 0.122. The third kappa shape index (κ3) is 6.86. The first-order valence-corrected chi connectivity index (χ1v) is 9.95. The molecule has 0 aliphatic carbocycles. The maximum absolute atomic E-state index is 12.9. The van der Waals surface area contributed by atoms with Gasteiger partial charge in [0.1, 0.15) is 11.7 Å². The van der Waals surface area contributed by atoms with Crippen LogP contribution in [0.3, 0.4) is 0 Å². The number of alkyl halides is 3. The quantitative estimate of drug-likeness (QED) is 0.301. The Hall–Kier alpha value is -4.28. The number of amidine groups is 1. The Bertz CT molecular complexity index is 1130. The van der Waals surface area contributed by atoms with Crippen LogP contribution in [0.25, 0.3) is 0 Å². The van der Waals surface area contributed by atoms with Crippen molar-refractivity contribution < 1.29 is 22.8 Å². The number of hydrogen-bond donors (Lipinski definition) is 5. The summed E-state index contributed by atoms with van der Waals surface area (Å²) in [5, 5.41) is 18.9. The molecule has 0 aromatic heterocycles. The van der Waals surface area contributed by atoms with Gasteiger partial charge >= 0.3 is 12.2 Å². The number of anilines is 2. The maximum atomic E-state index is 12.9. The van der Waals surface area contributed by atoms with Crippen molar-refractivity contribution in [2.75, 3.05) is 24.7 Å². The first kappa shape index (κ1) is 26.0. The highest BCUT2D eigenvalue weighted by Gasteiger charge is 2.30. The van der Waals surface area contributed by atoms with Crippen molar-refractivity contribution in [3.63, 3.8) is 0 Å². The molecule has 0 heterocycles. The molecule has 2 rings (SSSR count). The summed E-state index contributed by atoms with van der Waals surface area (Å²) in [5.74, 6) is -0.399. The summed E-state index contributed by atoms with van der Waals surface area (Å²) in [6, 6.07) is 8.14. The number of benzene rings is 2. The molecule has 0 atom stereocenters. The van der Waals surface area contributed by atoms with Crippen LogP contribution < -0.4 is 21.3 Å². The van der Waals surface area contributed by atoms with E-state index in [1.54, 1.807) is 26.1 Å². The van der Waals surface area contributed by atoms with Gasteiger partial charge < -0.3 is 21.3 Å². The van der Waals surface area contributed by atoms with Crippen LogP contribution in [0.5, 0.6) is 0 Å². The zero-order valence-electron chi connectivity index (χ0n) is 18.8. The van der Waals surface area contributed by atoms with Crippen molar-refractivity contribution in [3.8, 4) is 0 Å². The predicted molar refractivity (Wildman–Crippen MR) is 126 cm³/mol. The van der Waals surface area contributed by atoms with E-state index in [1.807, 2.05) is 0 Å². The van der Waals surface area contributed by atoms with E-state index in [2.05, 4.69) is 27.8 Å². The highest BCUT2D eigenvalue weighted by Crippen LogP contribution is 2.30. The molecule has 0 aliphatic rings. The van der Waals surface area contributed by atoms with E-state index in [9.17, 15) is 22.8 Å². The topological polar surface area (TPSA) is 109 Å². The van der Waals surface area contributed by atoms with Gasteiger partial charge in [0.25, 0.3) is 5.91 Å². The zero-order chi connectivity index (χ0) is 25.5. The highest BCUT2D eigenvalue weighted by atomic mass is 19.4. The van der Waals surface area contributed by atoms with Gasteiger partial charge in [-0.15, -0.1) is 0 Å². The van der Waals surface area contributed by atoms with Gasteiger partial charge in [0.05, 0.1) is 5.56 Å². The van der Waals surface area contributed by atoms with E-state index in [4.69, 9.17) is 5.41 Å². The number of rotatable bonds is 7. The first-order chi connectivity index (χ1) is 16.0. The number of aryl methyl sites for hydroxylation is 1. The van der Waals surface area contributed by atoms with E-state index in [1.165, 1.54) is 31.5 Å². The van der Waals surface area contributed by atoms with Gasteiger partial charge in [-0.1, -0.05) is 18.7 Å². The van der Waals surface area contributed by atoms with Gasteiger partial charge in [-0.3, -0.25) is 15.1 Å². The number of amides is 3. The summed E-state index contributed by atoms with van der Waals surface area (Å²) in [5.41, 5.74) is 0.211. The molecule has 180 valence electrons. The number of nitrogens with one attached hydrogen (secondary N) is 5. The summed E-state index contributed by atoms with van der Waals surface area (Å²) in [4.78, 5) is 26.1. The Morgan fingerprint density at radius 1 is 1.12 bits per heavy atom. The molecule has 3 amide bonds. The second kappa shape index (κ2) is 11.0. The molecule has 0 saturated heterocycles. The van der Waals surface area contributed by atoms with E-state index in [0.717, 1.165) is 23.1 Å². The molecule has 2 aromatic carbocycles. The van der Waals surface area contributed by atoms with Crippen LogP contribution in [0.2, 0.25) is 0 Å². The lowest BCUT2D eigenvalue weighted by Crippen LogP contribution is -2.36. The van der Waals surface area contributed by atoms with Crippen LogP contribution in [0, 0.1) is 12.3 Å². The summed E-state index contributed by atoms with van der Waals surface area (Å²) in [6.45, 7) is 5.26. The summed E-state index contributed by atoms with van der Waals surface area (Å²) in [6.07, 6.45) is -1.76. The fourth-order valence-corrected chi connectivity index (χ4v) is 2.71. The second-order valence-corrected chi connectivity index (χ2v) is 7.09. The van der Waals surface area contributed by atoms with E-state index in [0.29, 0.717) is 17.1 Å². The highest BCUT2D eigenvalue weighted by molar-refractivity contribution is 6.07. The summed E-state index contributed by atoms with van der Waals surface area (Å²) in [7, 11) is 3.04. The van der Waals surface area contributed by atoms with Gasteiger partial charge in [-0.2, -0.15) is 13.2 Å². The lowest BCUT2D eigenvalue weighted by Gasteiger charge is -2.19. The molecule has 34 heavy (non-hydrogen) atoms. The number of nitrogens with zero attached hydrogens (tertiary/aromatic N) is 1. The van der Waals surface area contributed by atoms with Gasteiger partial charge in [0, 0.05) is 37.1 Å². The normalized spacial score (nSPS) is 11.3. The van der Waals surface area contributed by atoms with E-state index >= 15 is 0 Å². The molecule has 0 unspecified atom stereocenters. The van der Waals surface area contributed by atoms with Gasteiger partial charge in [0.2, 0.25) is 0 Å².